The van der Waals surface area contributed by atoms with Crippen LogP contribution in [0.25, 0.3) is 5.57 Å². The van der Waals surface area contributed by atoms with E-state index < -0.39 is 0 Å². The van der Waals surface area contributed by atoms with Gasteiger partial charge in [0.15, 0.2) is 0 Å². The highest BCUT2D eigenvalue weighted by molar-refractivity contribution is 5.68. The lowest BCUT2D eigenvalue weighted by molar-refractivity contribution is 0.222. The van der Waals surface area contributed by atoms with Gasteiger partial charge in [-0.3, -0.25) is 0 Å². The average Bonchev–Trinajstić information content (AvgIpc) is 2.71. The van der Waals surface area contributed by atoms with Crippen molar-refractivity contribution in [3.63, 3.8) is 0 Å². The van der Waals surface area contributed by atoms with Gasteiger partial charge in [0.05, 0.1) is 0 Å². The van der Waals surface area contributed by atoms with Gasteiger partial charge < -0.3 is 0 Å². The second kappa shape index (κ2) is 12.4. The fourth-order valence-electron chi connectivity index (χ4n) is 5.42. The zero-order chi connectivity index (χ0) is 21.2. The summed E-state index contributed by atoms with van der Waals surface area (Å²) in [5.41, 5.74) is 5.64. The van der Waals surface area contributed by atoms with Crippen LogP contribution in [0.2, 0.25) is 0 Å². The molecule has 0 nitrogen and oxygen atoms in total. The first kappa shape index (κ1) is 24.0. The molecule has 1 saturated carbocycles. The standard InChI is InChI=1S/C29H46/c1-7-8-10-16-24(5)29(26-17-11-9-12-18-26)28(21-20-22(2)3)25(6)27-19-14-13-15-23(27)4/h13-15,19,22,26,28-29H,5-12,16-18,20-21H2,1-4H3. The minimum atomic E-state index is 0.538. The Bertz CT molecular complexity index is 629. The first-order valence-electron chi connectivity index (χ1n) is 12.4. The predicted octanol–water partition coefficient (Wildman–Crippen LogP) is 9.39. The van der Waals surface area contributed by atoms with Crippen LogP contribution in [0.1, 0.15) is 103 Å². The summed E-state index contributed by atoms with van der Waals surface area (Å²) in [6.07, 6.45) is 14.6. The number of benzene rings is 1. The number of aryl methyl sites for hydroxylation is 1. The number of hydrogen-bond donors (Lipinski definition) is 0. The van der Waals surface area contributed by atoms with Gasteiger partial charge in [0.2, 0.25) is 0 Å². The van der Waals surface area contributed by atoms with Crippen molar-refractivity contribution in [2.45, 2.75) is 98.3 Å². The van der Waals surface area contributed by atoms with Crippen LogP contribution in [0.5, 0.6) is 0 Å². The third-order valence-corrected chi connectivity index (χ3v) is 7.16. The van der Waals surface area contributed by atoms with E-state index in [0.29, 0.717) is 11.8 Å². The Balaban J connectivity index is 2.34. The van der Waals surface area contributed by atoms with Crippen LogP contribution in [-0.4, -0.2) is 0 Å². The Kier molecular flexibility index (Phi) is 10.3. The molecule has 1 aliphatic carbocycles. The lowest BCUT2D eigenvalue weighted by Gasteiger charge is -2.39. The van der Waals surface area contributed by atoms with Gasteiger partial charge in [-0.25, -0.2) is 0 Å². The van der Waals surface area contributed by atoms with Crippen molar-refractivity contribution in [2.24, 2.45) is 23.7 Å². The Morgan fingerprint density at radius 1 is 1.00 bits per heavy atom. The molecule has 0 aliphatic heterocycles. The topological polar surface area (TPSA) is 0 Å². The van der Waals surface area contributed by atoms with Crippen LogP contribution >= 0.6 is 0 Å². The first-order valence-corrected chi connectivity index (χ1v) is 12.4. The Morgan fingerprint density at radius 3 is 2.31 bits per heavy atom. The number of hydrogen-bond acceptors (Lipinski definition) is 0. The molecule has 1 aromatic rings. The molecule has 1 aliphatic rings. The van der Waals surface area contributed by atoms with Crippen molar-refractivity contribution in [3.8, 4) is 0 Å². The smallest absolute Gasteiger partial charge is 0.00935 e. The van der Waals surface area contributed by atoms with E-state index in [1.807, 2.05) is 0 Å². The molecular weight excluding hydrogens is 348 g/mol. The normalized spacial score (nSPS) is 17.3. The van der Waals surface area contributed by atoms with Gasteiger partial charge in [0.25, 0.3) is 0 Å². The first-order chi connectivity index (χ1) is 14.0. The van der Waals surface area contributed by atoms with E-state index in [9.17, 15) is 0 Å². The molecule has 2 unspecified atom stereocenters. The Hall–Kier alpha value is -1.30. The van der Waals surface area contributed by atoms with E-state index in [2.05, 4.69) is 52.0 Å². The van der Waals surface area contributed by atoms with E-state index in [-0.39, 0.29) is 0 Å². The lowest BCUT2D eigenvalue weighted by atomic mass is 9.65. The van der Waals surface area contributed by atoms with Crippen LogP contribution in [0.15, 0.2) is 43.0 Å². The van der Waals surface area contributed by atoms with Gasteiger partial charge in [0.1, 0.15) is 0 Å². The fraction of sp³-hybridized carbons (Fsp3) is 0.655. The highest BCUT2D eigenvalue weighted by Gasteiger charge is 2.34. The summed E-state index contributed by atoms with van der Waals surface area (Å²) >= 11 is 0. The summed E-state index contributed by atoms with van der Waals surface area (Å²) in [5.74, 6) is 2.69. The van der Waals surface area contributed by atoms with Crippen LogP contribution < -0.4 is 0 Å². The molecule has 162 valence electrons. The van der Waals surface area contributed by atoms with Crippen LogP contribution in [-0.2, 0) is 0 Å². The van der Waals surface area contributed by atoms with Crippen molar-refractivity contribution in [2.75, 3.05) is 0 Å². The van der Waals surface area contributed by atoms with Crippen molar-refractivity contribution < 1.29 is 0 Å². The molecule has 0 heteroatoms. The summed E-state index contributed by atoms with van der Waals surface area (Å²) in [6.45, 7) is 18.7. The van der Waals surface area contributed by atoms with Crippen LogP contribution in [0.3, 0.4) is 0 Å². The van der Waals surface area contributed by atoms with E-state index >= 15 is 0 Å². The van der Waals surface area contributed by atoms with Crippen molar-refractivity contribution in [3.05, 3.63) is 54.1 Å². The van der Waals surface area contributed by atoms with Crippen LogP contribution in [0.4, 0.5) is 0 Å². The third kappa shape index (κ3) is 7.16. The zero-order valence-electron chi connectivity index (χ0n) is 19.8. The molecule has 0 bridgehead atoms. The van der Waals surface area contributed by atoms with E-state index in [1.54, 1.807) is 0 Å². The van der Waals surface area contributed by atoms with Crippen molar-refractivity contribution >= 4 is 5.57 Å². The Morgan fingerprint density at radius 2 is 1.69 bits per heavy atom. The number of unbranched alkanes of at least 4 members (excludes halogenated alkanes) is 2. The molecule has 2 atom stereocenters. The lowest BCUT2D eigenvalue weighted by Crippen LogP contribution is -2.28. The second-order valence-corrected chi connectivity index (χ2v) is 9.96. The molecule has 0 spiro atoms. The maximum absolute atomic E-state index is 4.72. The minimum absolute atomic E-state index is 0.538. The van der Waals surface area contributed by atoms with Gasteiger partial charge >= 0.3 is 0 Å². The fourth-order valence-corrected chi connectivity index (χ4v) is 5.42. The summed E-state index contributed by atoms with van der Waals surface area (Å²) in [5, 5.41) is 0. The van der Waals surface area contributed by atoms with E-state index in [4.69, 9.17) is 13.2 Å². The molecule has 0 radical (unpaired) electrons. The maximum Gasteiger partial charge on any atom is -0.00935 e. The number of allylic oxidation sites excluding steroid dienone is 2. The Labute approximate surface area is 181 Å². The largest absolute Gasteiger partial charge is 0.0995 e. The molecule has 0 heterocycles. The summed E-state index contributed by atoms with van der Waals surface area (Å²) in [6, 6.07) is 8.86. The molecule has 0 amide bonds. The molecular formula is C29H46. The molecule has 0 aromatic heterocycles. The molecule has 0 N–H and O–H groups in total. The summed E-state index contributed by atoms with van der Waals surface area (Å²) in [7, 11) is 0. The predicted molar refractivity (Wildman–Crippen MR) is 131 cm³/mol. The molecule has 2 rings (SSSR count). The zero-order valence-corrected chi connectivity index (χ0v) is 19.8. The molecule has 1 fully saturated rings. The highest BCUT2D eigenvalue weighted by atomic mass is 14.4. The summed E-state index contributed by atoms with van der Waals surface area (Å²) < 4.78 is 0. The van der Waals surface area contributed by atoms with Gasteiger partial charge in [-0.05, 0) is 79.4 Å². The number of rotatable bonds is 12. The molecule has 1 aromatic carbocycles. The SMILES string of the molecule is C=C(c1ccccc1C)C(CCC(C)C)C(C(=C)CCCCC)C1CCCCC1. The summed E-state index contributed by atoms with van der Waals surface area (Å²) in [4.78, 5) is 0. The minimum Gasteiger partial charge on any atom is -0.0995 e. The van der Waals surface area contributed by atoms with Gasteiger partial charge in [-0.15, -0.1) is 0 Å². The van der Waals surface area contributed by atoms with E-state index in [0.717, 1.165) is 11.8 Å². The average molecular weight is 395 g/mol. The quantitative estimate of drug-likeness (QED) is 0.244. The highest BCUT2D eigenvalue weighted by Crippen LogP contribution is 2.46. The maximum atomic E-state index is 4.72. The monoisotopic (exact) mass is 394 g/mol. The molecule has 0 saturated heterocycles. The van der Waals surface area contributed by atoms with Crippen molar-refractivity contribution in [1.29, 1.82) is 0 Å². The van der Waals surface area contributed by atoms with Gasteiger partial charge in [-0.1, -0.05) is 102 Å². The van der Waals surface area contributed by atoms with Crippen molar-refractivity contribution in [1.82, 2.24) is 0 Å². The second-order valence-electron chi connectivity index (χ2n) is 9.96. The van der Waals surface area contributed by atoms with Gasteiger partial charge in [0, 0.05) is 0 Å². The molecule has 29 heavy (non-hydrogen) atoms. The van der Waals surface area contributed by atoms with Gasteiger partial charge in [-0.2, -0.15) is 0 Å². The third-order valence-electron chi connectivity index (χ3n) is 7.16. The van der Waals surface area contributed by atoms with E-state index in [1.165, 1.54) is 92.9 Å². The van der Waals surface area contributed by atoms with Crippen LogP contribution in [0, 0.1) is 30.6 Å².